The van der Waals surface area contributed by atoms with Crippen LogP contribution in [0.3, 0.4) is 0 Å². The summed E-state index contributed by atoms with van der Waals surface area (Å²) in [6, 6.07) is 0. The number of nitrogens with one attached hydrogen (secondary N) is 1. The molecule has 0 saturated heterocycles. The van der Waals surface area contributed by atoms with Gasteiger partial charge in [-0.1, -0.05) is 0 Å². The van der Waals surface area contributed by atoms with Crippen LogP contribution in [0.15, 0.2) is 47.1 Å². The standard InChI is InChI=1S/C4H5NO.C3H2N2O/c1-2-4-6-5-3-1;6-3-1-2-4-5-3/h1-5H;1-2H. The molecule has 5 nitrogen and oxygen atoms in total. The Morgan fingerprint density at radius 2 is 2.33 bits per heavy atom. The fourth-order valence-electron chi connectivity index (χ4n) is 0.479. The second-order valence-electron chi connectivity index (χ2n) is 1.79. The molecule has 12 heavy (non-hydrogen) atoms. The molecule has 0 aliphatic carbocycles. The van der Waals surface area contributed by atoms with Gasteiger partial charge in [-0.25, -0.2) is 5.48 Å². The molecule has 0 bridgehead atoms. The van der Waals surface area contributed by atoms with E-state index in [4.69, 9.17) is 0 Å². The van der Waals surface area contributed by atoms with Crippen LogP contribution in [0.2, 0.25) is 0 Å². The molecule has 0 aromatic carbocycles. The topological polar surface area (TPSA) is 63.0 Å². The van der Waals surface area contributed by atoms with E-state index in [2.05, 4.69) is 20.5 Å². The highest BCUT2D eigenvalue weighted by Gasteiger charge is 1.92. The van der Waals surface area contributed by atoms with Gasteiger partial charge < -0.3 is 4.84 Å². The van der Waals surface area contributed by atoms with Crippen LogP contribution in [0, 0.1) is 0 Å². The molecule has 62 valence electrons. The first-order chi connectivity index (χ1) is 5.89. The molecule has 2 aliphatic rings. The van der Waals surface area contributed by atoms with Crippen LogP contribution in [0.4, 0.5) is 0 Å². The minimum absolute atomic E-state index is 0.269. The maximum atomic E-state index is 9.90. The summed E-state index contributed by atoms with van der Waals surface area (Å²) in [5.74, 6) is -0.269. The number of azo groups is 1. The predicted octanol–water partition coefficient (Wildman–Crippen LogP) is 1.04. The molecule has 2 rings (SSSR count). The molecule has 0 atom stereocenters. The minimum Gasteiger partial charge on any atom is -0.391 e. The maximum absolute atomic E-state index is 9.90. The first-order valence-electron chi connectivity index (χ1n) is 3.24. The third-order valence-corrected chi connectivity index (χ3v) is 0.930. The molecule has 2 heterocycles. The van der Waals surface area contributed by atoms with Crippen LogP contribution in [0.1, 0.15) is 0 Å². The molecular weight excluding hydrogens is 158 g/mol. The highest BCUT2D eigenvalue weighted by atomic mass is 16.6. The second-order valence-corrected chi connectivity index (χ2v) is 1.79. The van der Waals surface area contributed by atoms with Gasteiger partial charge in [0.15, 0.2) is 0 Å². The fraction of sp³-hybridized carbons (Fsp3) is 0. The van der Waals surface area contributed by atoms with Crippen molar-refractivity contribution in [3.8, 4) is 0 Å². The van der Waals surface area contributed by atoms with Crippen molar-refractivity contribution in [1.29, 1.82) is 0 Å². The summed E-state index contributed by atoms with van der Waals surface area (Å²) in [7, 11) is 0. The van der Waals surface area contributed by atoms with E-state index >= 15 is 0 Å². The highest BCUT2D eigenvalue weighted by molar-refractivity contribution is 5.89. The van der Waals surface area contributed by atoms with Gasteiger partial charge in [-0.15, -0.1) is 5.11 Å². The quantitative estimate of drug-likeness (QED) is 0.583. The van der Waals surface area contributed by atoms with Gasteiger partial charge in [-0.05, 0) is 12.2 Å². The van der Waals surface area contributed by atoms with Gasteiger partial charge in [0.2, 0.25) is 0 Å². The normalized spacial score (nSPS) is 16.5. The Hall–Kier alpha value is -1.91. The van der Waals surface area contributed by atoms with Gasteiger partial charge in [0.25, 0.3) is 5.91 Å². The van der Waals surface area contributed by atoms with E-state index in [0.29, 0.717) is 0 Å². The Morgan fingerprint density at radius 1 is 1.42 bits per heavy atom. The van der Waals surface area contributed by atoms with Crippen molar-refractivity contribution in [3.63, 3.8) is 0 Å². The SMILES string of the molecule is C1=CNOC=C1.O=C1C=CN=N1. The number of nitrogens with zero attached hydrogens (tertiary/aromatic N) is 2. The van der Waals surface area contributed by atoms with Crippen LogP contribution < -0.4 is 5.48 Å². The van der Waals surface area contributed by atoms with Gasteiger partial charge in [0, 0.05) is 12.3 Å². The highest BCUT2D eigenvalue weighted by Crippen LogP contribution is 1.90. The lowest BCUT2D eigenvalue weighted by atomic mass is 10.6. The number of allylic oxidation sites excluding steroid dienone is 2. The molecule has 5 heteroatoms. The fourth-order valence-corrected chi connectivity index (χ4v) is 0.479. The summed E-state index contributed by atoms with van der Waals surface area (Å²) < 4.78 is 0. The van der Waals surface area contributed by atoms with Gasteiger partial charge >= 0.3 is 0 Å². The van der Waals surface area contributed by atoms with Crippen molar-refractivity contribution in [1.82, 2.24) is 5.48 Å². The summed E-state index contributed by atoms with van der Waals surface area (Å²) in [6.07, 6.45) is 9.60. The number of hydrogen-bond acceptors (Lipinski definition) is 4. The van der Waals surface area contributed by atoms with Crippen molar-refractivity contribution in [3.05, 3.63) is 36.9 Å². The lowest BCUT2D eigenvalue weighted by Crippen LogP contribution is -2.01. The number of carbonyl (C=O) groups excluding carboxylic acids is 1. The predicted molar refractivity (Wildman–Crippen MR) is 41.5 cm³/mol. The monoisotopic (exact) mass is 165 g/mol. The van der Waals surface area contributed by atoms with Crippen LogP contribution in [-0.4, -0.2) is 5.91 Å². The summed E-state index contributed by atoms with van der Waals surface area (Å²) in [4.78, 5) is 14.4. The first kappa shape index (κ1) is 8.19. The van der Waals surface area contributed by atoms with Crippen molar-refractivity contribution in [2.75, 3.05) is 0 Å². The lowest BCUT2D eigenvalue weighted by molar-refractivity contribution is -0.113. The van der Waals surface area contributed by atoms with Gasteiger partial charge in [-0.3, -0.25) is 4.79 Å². The summed E-state index contributed by atoms with van der Waals surface area (Å²) >= 11 is 0. The van der Waals surface area contributed by atoms with Crippen LogP contribution in [0.5, 0.6) is 0 Å². The van der Waals surface area contributed by atoms with Gasteiger partial charge in [-0.2, -0.15) is 5.11 Å². The van der Waals surface area contributed by atoms with Crippen molar-refractivity contribution >= 4 is 5.91 Å². The van der Waals surface area contributed by atoms with Crippen LogP contribution in [0.25, 0.3) is 0 Å². The van der Waals surface area contributed by atoms with Crippen molar-refractivity contribution in [2.45, 2.75) is 0 Å². The molecule has 1 N–H and O–H groups in total. The summed E-state index contributed by atoms with van der Waals surface area (Å²) in [6.45, 7) is 0. The maximum Gasteiger partial charge on any atom is 0.289 e. The average molecular weight is 165 g/mol. The zero-order chi connectivity index (χ0) is 8.65. The molecule has 0 aromatic heterocycles. The van der Waals surface area contributed by atoms with Crippen molar-refractivity contribution < 1.29 is 9.63 Å². The van der Waals surface area contributed by atoms with Gasteiger partial charge in [0.1, 0.15) is 6.26 Å². The van der Waals surface area contributed by atoms with E-state index in [1.165, 1.54) is 12.3 Å². The molecule has 0 saturated carbocycles. The molecule has 0 radical (unpaired) electrons. The average Bonchev–Trinajstić information content (AvgIpc) is 2.60. The summed E-state index contributed by atoms with van der Waals surface area (Å²) in [5.41, 5.74) is 2.52. The number of amides is 1. The van der Waals surface area contributed by atoms with Crippen LogP contribution >= 0.6 is 0 Å². The lowest BCUT2D eigenvalue weighted by Gasteiger charge is -1.97. The zero-order valence-electron chi connectivity index (χ0n) is 6.18. The van der Waals surface area contributed by atoms with E-state index < -0.39 is 0 Å². The largest absolute Gasteiger partial charge is 0.391 e. The van der Waals surface area contributed by atoms with Gasteiger partial charge in [0.05, 0.1) is 6.20 Å². The van der Waals surface area contributed by atoms with E-state index in [9.17, 15) is 4.79 Å². The summed E-state index contributed by atoms with van der Waals surface area (Å²) in [5, 5.41) is 6.37. The Balaban J connectivity index is 0.000000120. The number of hydroxylamine groups is 1. The molecule has 0 unspecified atom stereocenters. The molecule has 0 spiro atoms. The Morgan fingerprint density at radius 3 is 2.50 bits per heavy atom. The van der Waals surface area contributed by atoms with E-state index in [1.807, 2.05) is 6.08 Å². The smallest absolute Gasteiger partial charge is 0.289 e. The van der Waals surface area contributed by atoms with Crippen molar-refractivity contribution in [2.24, 2.45) is 10.2 Å². The Bertz CT molecular complexity index is 240. The first-order valence-corrected chi connectivity index (χ1v) is 3.24. The van der Waals surface area contributed by atoms with Crippen LogP contribution in [-0.2, 0) is 9.63 Å². The zero-order valence-corrected chi connectivity index (χ0v) is 6.18. The molecule has 0 fully saturated rings. The third kappa shape index (κ3) is 3.31. The second kappa shape index (κ2) is 4.84. The minimum atomic E-state index is -0.269. The molecule has 2 aliphatic heterocycles. The Labute approximate surface area is 69.1 Å². The van der Waals surface area contributed by atoms with E-state index in [1.54, 1.807) is 18.5 Å². The van der Waals surface area contributed by atoms with E-state index in [-0.39, 0.29) is 5.91 Å². The Kier molecular flexibility index (Phi) is 3.30. The molecule has 0 aromatic rings. The number of rotatable bonds is 0. The molecule has 1 amide bonds. The van der Waals surface area contributed by atoms with E-state index in [0.717, 1.165) is 0 Å². The number of hydrogen-bond donors (Lipinski definition) is 1. The molecular formula is C7H7N3O2. The number of carbonyl (C=O) groups is 1. The third-order valence-electron chi connectivity index (χ3n) is 0.930.